The van der Waals surface area contributed by atoms with Gasteiger partial charge < -0.3 is 10.3 Å². The van der Waals surface area contributed by atoms with E-state index in [4.69, 9.17) is 10.3 Å². The molecule has 19 heavy (non-hydrogen) atoms. The lowest BCUT2D eigenvalue weighted by atomic mass is 10.1. The van der Waals surface area contributed by atoms with E-state index in [-0.39, 0.29) is 12.0 Å². The van der Waals surface area contributed by atoms with Gasteiger partial charge in [-0.3, -0.25) is 0 Å². The van der Waals surface area contributed by atoms with E-state index in [9.17, 15) is 0 Å². The van der Waals surface area contributed by atoms with Crippen molar-refractivity contribution >= 4 is 11.8 Å². The minimum atomic E-state index is -0.190. The molecule has 1 aromatic carbocycles. The second-order valence-electron chi connectivity index (χ2n) is 4.87. The van der Waals surface area contributed by atoms with Crippen LogP contribution in [0, 0.1) is 12.8 Å². The predicted molar refractivity (Wildman–Crippen MR) is 76.8 cm³/mol. The van der Waals surface area contributed by atoms with Crippen LogP contribution in [-0.2, 0) is 5.75 Å². The standard InChI is InChI=1S/C14H19N3OS/c1-9(2)13(15)14-16-12(17-18-14)8-19-11-7-5-4-6-10(11)3/h4-7,9,13H,8,15H2,1-3H3. The van der Waals surface area contributed by atoms with E-state index in [1.807, 2.05) is 26.0 Å². The largest absolute Gasteiger partial charge is 0.338 e. The van der Waals surface area contributed by atoms with Gasteiger partial charge in [-0.25, -0.2) is 0 Å². The molecule has 0 amide bonds. The molecule has 0 aliphatic heterocycles. The minimum absolute atomic E-state index is 0.190. The number of hydrogen-bond acceptors (Lipinski definition) is 5. The van der Waals surface area contributed by atoms with Crippen LogP contribution in [0.4, 0.5) is 0 Å². The zero-order valence-electron chi connectivity index (χ0n) is 11.5. The Hall–Kier alpha value is -1.33. The second-order valence-corrected chi connectivity index (χ2v) is 5.89. The van der Waals surface area contributed by atoms with Gasteiger partial charge in [-0.15, -0.1) is 11.8 Å². The van der Waals surface area contributed by atoms with Crippen molar-refractivity contribution in [1.29, 1.82) is 0 Å². The molecule has 1 atom stereocenters. The van der Waals surface area contributed by atoms with Gasteiger partial charge in [-0.1, -0.05) is 37.2 Å². The summed E-state index contributed by atoms with van der Waals surface area (Å²) >= 11 is 1.71. The molecular formula is C14H19N3OS. The summed E-state index contributed by atoms with van der Waals surface area (Å²) in [5.41, 5.74) is 7.24. The lowest BCUT2D eigenvalue weighted by Gasteiger charge is -2.09. The maximum absolute atomic E-state index is 5.98. The average Bonchev–Trinajstić information content (AvgIpc) is 2.85. The van der Waals surface area contributed by atoms with Gasteiger partial charge in [0, 0.05) is 4.90 Å². The highest BCUT2D eigenvalue weighted by atomic mass is 32.2. The first kappa shape index (κ1) is 14.1. The van der Waals surface area contributed by atoms with Gasteiger partial charge in [-0.05, 0) is 24.5 Å². The lowest BCUT2D eigenvalue weighted by Crippen LogP contribution is -2.17. The molecule has 2 rings (SSSR count). The third-order valence-electron chi connectivity index (χ3n) is 2.94. The molecule has 0 spiro atoms. The van der Waals surface area contributed by atoms with Gasteiger partial charge in [-0.2, -0.15) is 4.98 Å². The maximum atomic E-state index is 5.98. The van der Waals surface area contributed by atoms with Crippen molar-refractivity contribution in [2.75, 3.05) is 0 Å². The predicted octanol–water partition coefficient (Wildman–Crippen LogP) is 3.33. The highest BCUT2D eigenvalue weighted by Crippen LogP contribution is 2.25. The molecule has 2 aromatic rings. The molecule has 1 heterocycles. The fraction of sp³-hybridized carbons (Fsp3) is 0.429. The Kier molecular flexibility index (Phi) is 4.61. The molecule has 0 aliphatic rings. The Balaban J connectivity index is 1.99. The summed E-state index contributed by atoms with van der Waals surface area (Å²) in [5.74, 6) is 2.20. The van der Waals surface area contributed by atoms with Crippen LogP contribution in [0.25, 0.3) is 0 Å². The summed E-state index contributed by atoms with van der Waals surface area (Å²) in [6.45, 7) is 6.17. The van der Waals surface area contributed by atoms with Gasteiger partial charge in [0.15, 0.2) is 5.82 Å². The Morgan fingerprint density at radius 1 is 1.32 bits per heavy atom. The van der Waals surface area contributed by atoms with E-state index in [1.54, 1.807) is 11.8 Å². The molecule has 0 bridgehead atoms. The zero-order chi connectivity index (χ0) is 13.8. The Labute approximate surface area is 117 Å². The molecule has 102 valence electrons. The van der Waals surface area contributed by atoms with Crippen LogP contribution in [0.1, 0.15) is 37.2 Å². The normalized spacial score (nSPS) is 12.9. The van der Waals surface area contributed by atoms with Gasteiger partial charge >= 0.3 is 0 Å². The summed E-state index contributed by atoms with van der Waals surface area (Å²) in [4.78, 5) is 5.59. The molecule has 2 N–H and O–H groups in total. The molecule has 0 saturated carbocycles. The third kappa shape index (κ3) is 3.58. The highest BCUT2D eigenvalue weighted by molar-refractivity contribution is 7.98. The van der Waals surface area contributed by atoms with Gasteiger partial charge in [0.25, 0.3) is 0 Å². The number of thioether (sulfide) groups is 1. The summed E-state index contributed by atoms with van der Waals surface area (Å²) < 4.78 is 5.21. The first-order chi connectivity index (χ1) is 9.08. The highest BCUT2D eigenvalue weighted by Gasteiger charge is 2.18. The fourth-order valence-electron chi connectivity index (χ4n) is 1.61. The van der Waals surface area contributed by atoms with Crippen molar-refractivity contribution in [3.63, 3.8) is 0 Å². The van der Waals surface area contributed by atoms with Gasteiger partial charge in [0.1, 0.15) is 0 Å². The van der Waals surface area contributed by atoms with Crippen LogP contribution in [0.2, 0.25) is 0 Å². The smallest absolute Gasteiger partial charge is 0.243 e. The van der Waals surface area contributed by atoms with Crippen LogP contribution in [0.3, 0.4) is 0 Å². The molecule has 0 saturated heterocycles. The first-order valence-electron chi connectivity index (χ1n) is 6.34. The molecule has 0 fully saturated rings. The van der Waals surface area contributed by atoms with Crippen molar-refractivity contribution in [2.45, 2.75) is 37.5 Å². The Bertz CT molecular complexity index is 539. The number of benzene rings is 1. The van der Waals surface area contributed by atoms with Crippen LogP contribution in [0.5, 0.6) is 0 Å². The van der Waals surface area contributed by atoms with Gasteiger partial charge in [0.05, 0.1) is 11.8 Å². The molecule has 0 aliphatic carbocycles. The molecule has 1 unspecified atom stereocenters. The minimum Gasteiger partial charge on any atom is -0.338 e. The molecule has 5 heteroatoms. The van der Waals surface area contributed by atoms with E-state index in [2.05, 4.69) is 29.2 Å². The molecule has 1 aromatic heterocycles. The van der Waals surface area contributed by atoms with E-state index < -0.39 is 0 Å². The van der Waals surface area contributed by atoms with Crippen molar-refractivity contribution in [2.24, 2.45) is 11.7 Å². The number of rotatable bonds is 5. The van der Waals surface area contributed by atoms with E-state index >= 15 is 0 Å². The number of nitrogens with two attached hydrogens (primary N) is 1. The first-order valence-corrected chi connectivity index (χ1v) is 7.33. The second kappa shape index (κ2) is 6.21. The topological polar surface area (TPSA) is 64.9 Å². The summed E-state index contributed by atoms with van der Waals surface area (Å²) in [6, 6.07) is 8.07. The van der Waals surface area contributed by atoms with E-state index in [0.717, 1.165) is 0 Å². The number of aryl methyl sites for hydroxylation is 1. The zero-order valence-corrected chi connectivity index (χ0v) is 12.3. The lowest BCUT2D eigenvalue weighted by molar-refractivity contribution is 0.323. The molecule has 0 radical (unpaired) electrons. The van der Waals surface area contributed by atoms with Crippen LogP contribution in [0.15, 0.2) is 33.7 Å². The van der Waals surface area contributed by atoms with Crippen molar-refractivity contribution in [3.8, 4) is 0 Å². The monoisotopic (exact) mass is 277 g/mol. The molecule has 4 nitrogen and oxygen atoms in total. The number of hydrogen-bond donors (Lipinski definition) is 1. The maximum Gasteiger partial charge on any atom is 0.243 e. The molecular weight excluding hydrogens is 258 g/mol. The third-order valence-corrected chi connectivity index (χ3v) is 4.11. The van der Waals surface area contributed by atoms with Crippen molar-refractivity contribution < 1.29 is 4.52 Å². The van der Waals surface area contributed by atoms with Crippen LogP contribution >= 0.6 is 11.8 Å². The number of nitrogens with zero attached hydrogens (tertiary/aromatic N) is 2. The Morgan fingerprint density at radius 3 is 2.74 bits per heavy atom. The summed E-state index contributed by atoms with van der Waals surface area (Å²) in [5, 5.41) is 3.98. The SMILES string of the molecule is Cc1ccccc1SCc1noc(C(N)C(C)C)n1. The fourth-order valence-corrected chi connectivity index (χ4v) is 2.48. The quantitative estimate of drug-likeness (QED) is 0.849. The summed E-state index contributed by atoms with van der Waals surface area (Å²) in [6.07, 6.45) is 0. The number of aromatic nitrogens is 2. The van der Waals surface area contributed by atoms with Crippen molar-refractivity contribution in [1.82, 2.24) is 10.1 Å². The summed E-state index contributed by atoms with van der Waals surface area (Å²) in [7, 11) is 0. The van der Waals surface area contributed by atoms with E-state index in [0.29, 0.717) is 17.5 Å². The Morgan fingerprint density at radius 2 is 2.05 bits per heavy atom. The van der Waals surface area contributed by atoms with Crippen LogP contribution < -0.4 is 5.73 Å². The van der Waals surface area contributed by atoms with Gasteiger partial charge in [0.2, 0.25) is 5.89 Å². The van der Waals surface area contributed by atoms with E-state index in [1.165, 1.54) is 10.5 Å². The van der Waals surface area contributed by atoms with Crippen molar-refractivity contribution in [3.05, 3.63) is 41.5 Å². The average molecular weight is 277 g/mol. The van der Waals surface area contributed by atoms with Crippen LogP contribution in [-0.4, -0.2) is 10.1 Å².